The molecule has 1 aromatic heterocycles. The zero-order valence-corrected chi connectivity index (χ0v) is 14.6. The highest BCUT2D eigenvalue weighted by Gasteiger charge is 2.34. The Labute approximate surface area is 141 Å². The predicted molar refractivity (Wildman–Crippen MR) is 87.2 cm³/mol. The Bertz CT molecular complexity index is 646. The SMILES string of the molecule is CCOC(=O)c1[nH]c(C)c(C(=O)CN(C(=O)COC)C2CC2)c1C. The molecule has 1 amide bonds. The van der Waals surface area contributed by atoms with Gasteiger partial charge >= 0.3 is 5.97 Å². The van der Waals surface area contributed by atoms with E-state index in [9.17, 15) is 14.4 Å². The van der Waals surface area contributed by atoms with Crippen LogP contribution < -0.4 is 0 Å². The van der Waals surface area contributed by atoms with Crippen molar-refractivity contribution in [2.24, 2.45) is 0 Å². The van der Waals surface area contributed by atoms with E-state index in [0.717, 1.165) is 12.8 Å². The monoisotopic (exact) mass is 336 g/mol. The maximum Gasteiger partial charge on any atom is 0.355 e. The number of aryl methyl sites for hydroxylation is 1. The summed E-state index contributed by atoms with van der Waals surface area (Å²) in [6.07, 6.45) is 1.81. The van der Waals surface area contributed by atoms with Crippen LogP contribution in [-0.4, -0.2) is 60.5 Å². The Morgan fingerprint density at radius 3 is 2.46 bits per heavy atom. The lowest BCUT2D eigenvalue weighted by molar-refractivity contribution is -0.135. The first-order valence-corrected chi connectivity index (χ1v) is 8.08. The molecule has 1 heterocycles. The third-order valence-electron chi connectivity index (χ3n) is 4.09. The number of nitrogens with zero attached hydrogens (tertiary/aromatic N) is 1. The first-order valence-electron chi connectivity index (χ1n) is 8.08. The average Bonchev–Trinajstić information content (AvgIpc) is 3.30. The molecule has 0 unspecified atom stereocenters. The Hall–Kier alpha value is -2.15. The second-order valence-corrected chi connectivity index (χ2v) is 5.95. The molecule has 1 N–H and O–H groups in total. The average molecular weight is 336 g/mol. The standard InChI is InChI=1S/C17H24N2O5/c1-5-24-17(22)16-10(2)15(11(3)18-16)13(20)8-19(12-6-7-12)14(21)9-23-4/h12,18H,5-9H2,1-4H3. The Morgan fingerprint density at radius 2 is 1.92 bits per heavy atom. The van der Waals surface area contributed by atoms with E-state index in [1.807, 2.05) is 0 Å². The number of ketones is 1. The molecule has 24 heavy (non-hydrogen) atoms. The highest BCUT2D eigenvalue weighted by Crippen LogP contribution is 2.28. The Morgan fingerprint density at radius 1 is 1.25 bits per heavy atom. The van der Waals surface area contributed by atoms with E-state index in [4.69, 9.17) is 9.47 Å². The number of carbonyl (C=O) groups excluding carboxylic acids is 3. The summed E-state index contributed by atoms with van der Waals surface area (Å²) in [5.74, 6) is -0.857. The fourth-order valence-electron chi connectivity index (χ4n) is 2.82. The second kappa shape index (κ2) is 7.61. The molecule has 0 saturated heterocycles. The van der Waals surface area contributed by atoms with Gasteiger partial charge in [0.25, 0.3) is 0 Å². The molecule has 1 aliphatic rings. The minimum Gasteiger partial charge on any atom is -0.461 e. The number of aromatic nitrogens is 1. The first-order chi connectivity index (χ1) is 11.4. The van der Waals surface area contributed by atoms with Crippen LogP contribution in [0.5, 0.6) is 0 Å². The van der Waals surface area contributed by atoms with Gasteiger partial charge in [-0.1, -0.05) is 0 Å². The number of aromatic amines is 1. The van der Waals surface area contributed by atoms with Gasteiger partial charge in [-0.25, -0.2) is 4.79 Å². The number of methoxy groups -OCH3 is 1. The fourth-order valence-corrected chi connectivity index (χ4v) is 2.82. The van der Waals surface area contributed by atoms with Crippen LogP contribution >= 0.6 is 0 Å². The smallest absolute Gasteiger partial charge is 0.355 e. The Balaban J connectivity index is 2.19. The van der Waals surface area contributed by atoms with Gasteiger partial charge in [0.15, 0.2) is 5.78 Å². The van der Waals surface area contributed by atoms with Gasteiger partial charge in [0.05, 0.1) is 13.2 Å². The third-order valence-corrected chi connectivity index (χ3v) is 4.09. The predicted octanol–water partition coefficient (Wildman–Crippen LogP) is 1.63. The van der Waals surface area contributed by atoms with E-state index in [-0.39, 0.29) is 37.5 Å². The number of carbonyl (C=O) groups is 3. The van der Waals surface area contributed by atoms with Crippen LogP contribution in [0.2, 0.25) is 0 Å². The molecule has 0 bridgehead atoms. The summed E-state index contributed by atoms with van der Waals surface area (Å²) in [7, 11) is 1.46. The summed E-state index contributed by atoms with van der Waals surface area (Å²) in [5, 5.41) is 0. The van der Waals surface area contributed by atoms with Crippen LogP contribution in [0.4, 0.5) is 0 Å². The molecule has 0 radical (unpaired) electrons. The van der Waals surface area contributed by atoms with E-state index in [1.165, 1.54) is 7.11 Å². The van der Waals surface area contributed by atoms with E-state index in [1.54, 1.807) is 25.7 Å². The molecule has 7 heteroatoms. The third kappa shape index (κ3) is 3.84. The van der Waals surface area contributed by atoms with Crippen molar-refractivity contribution in [3.05, 3.63) is 22.5 Å². The summed E-state index contributed by atoms with van der Waals surface area (Å²) in [6, 6.07) is 0.112. The van der Waals surface area contributed by atoms with Gasteiger partial charge in [-0.2, -0.15) is 0 Å². The van der Waals surface area contributed by atoms with E-state index in [0.29, 0.717) is 22.5 Å². The molecule has 7 nitrogen and oxygen atoms in total. The van der Waals surface area contributed by atoms with Crippen molar-refractivity contribution in [3.63, 3.8) is 0 Å². The summed E-state index contributed by atoms with van der Waals surface area (Å²) in [5.41, 5.74) is 1.91. The topological polar surface area (TPSA) is 88.7 Å². The number of amides is 1. The quantitative estimate of drug-likeness (QED) is 0.576. The number of hydrogen-bond acceptors (Lipinski definition) is 5. The molecule has 1 saturated carbocycles. The molecule has 0 aliphatic heterocycles. The van der Waals surface area contributed by atoms with Gasteiger partial charge in [0.1, 0.15) is 12.3 Å². The van der Waals surface area contributed by atoms with Gasteiger partial charge in [-0.3, -0.25) is 9.59 Å². The maximum atomic E-state index is 12.7. The second-order valence-electron chi connectivity index (χ2n) is 5.95. The van der Waals surface area contributed by atoms with Crippen LogP contribution in [0.25, 0.3) is 0 Å². The molecule has 2 rings (SSSR count). The van der Waals surface area contributed by atoms with Crippen LogP contribution in [0.3, 0.4) is 0 Å². The van der Waals surface area contributed by atoms with Crippen LogP contribution in [0.1, 0.15) is 51.9 Å². The molecule has 1 fully saturated rings. The minimum atomic E-state index is -0.480. The molecular formula is C17H24N2O5. The zero-order valence-electron chi connectivity index (χ0n) is 14.6. The summed E-state index contributed by atoms with van der Waals surface area (Å²) < 4.78 is 9.88. The Kier molecular flexibility index (Phi) is 5.77. The summed E-state index contributed by atoms with van der Waals surface area (Å²) in [4.78, 5) is 41.3. The zero-order chi connectivity index (χ0) is 17.9. The van der Waals surface area contributed by atoms with Crippen molar-refractivity contribution < 1.29 is 23.9 Å². The maximum absolute atomic E-state index is 12.7. The number of Topliss-reactive ketones (excluding diaryl/α,β-unsaturated/α-hetero) is 1. The van der Waals surface area contributed by atoms with Crippen molar-refractivity contribution >= 4 is 17.7 Å². The largest absolute Gasteiger partial charge is 0.461 e. The molecule has 0 spiro atoms. The first kappa shape index (κ1) is 18.2. The van der Waals surface area contributed by atoms with Crippen molar-refractivity contribution in [2.75, 3.05) is 26.9 Å². The lowest BCUT2D eigenvalue weighted by Crippen LogP contribution is -2.39. The molecule has 132 valence electrons. The molecule has 1 aliphatic carbocycles. The lowest BCUT2D eigenvalue weighted by Gasteiger charge is -2.21. The number of rotatable bonds is 8. The van der Waals surface area contributed by atoms with Gasteiger partial charge in [-0.15, -0.1) is 0 Å². The highest BCUT2D eigenvalue weighted by molar-refractivity contribution is 6.04. The van der Waals surface area contributed by atoms with Crippen molar-refractivity contribution in [1.29, 1.82) is 0 Å². The van der Waals surface area contributed by atoms with E-state index < -0.39 is 5.97 Å². The van der Waals surface area contributed by atoms with Gasteiger partial charge < -0.3 is 19.4 Å². The van der Waals surface area contributed by atoms with Crippen LogP contribution in [0.15, 0.2) is 0 Å². The number of hydrogen-bond donors (Lipinski definition) is 1. The minimum absolute atomic E-state index is 0.00530. The molecule has 0 aromatic carbocycles. The van der Waals surface area contributed by atoms with E-state index >= 15 is 0 Å². The van der Waals surface area contributed by atoms with E-state index in [2.05, 4.69) is 4.98 Å². The van der Waals surface area contributed by atoms with Gasteiger partial charge in [0.2, 0.25) is 5.91 Å². The highest BCUT2D eigenvalue weighted by atomic mass is 16.5. The summed E-state index contributed by atoms with van der Waals surface area (Å²) >= 11 is 0. The van der Waals surface area contributed by atoms with Gasteiger partial charge in [-0.05, 0) is 39.2 Å². The number of ether oxygens (including phenoxy) is 2. The van der Waals surface area contributed by atoms with Crippen molar-refractivity contribution in [1.82, 2.24) is 9.88 Å². The van der Waals surface area contributed by atoms with Crippen LogP contribution in [-0.2, 0) is 14.3 Å². The molecule has 0 atom stereocenters. The molecule has 1 aromatic rings. The van der Waals surface area contributed by atoms with Crippen molar-refractivity contribution in [3.8, 4) is 0 Å². The number of H-pyrrole nitrogens is 1. The van der Waals surface area contributed by atoms with Gasteiger partial charge in [0, 0.05) is 24.4 Å². The number of nitrogens with one attached hydrogen (secondary N) is 1. The number of esters is 1. The lowest BCUT2D eigenvalue weighted by atomic mass is 10.1. The normalized spacial score (nSPS) is 13.7. The fraction of sp³-hybridized carbons (Fsp3) is 0.588. The molecular weight excluding hydrogens is 312 g/mol. The summed E-state index contributed by atoms with van der Waals surface area (Å²) in [6.45, 7) is 5.39. The van der Waals surface area contributed by atoms with Crippen LogP contribution in [0, 0.1) is 13.8 Å². The van der Waals surface area contributed by atoms with Crippen molar-refractivity contribution in [2.45, 2.75) is 39.7 Å².